The second-order valence-electron chi connectivity index (χ2n) is 6.95. The largest absolute Gasteiger partial charge is 0.455 e. The number of anilines is 1. The van der Waals surface area contributed by atoms with E-state index < -0.39 is 39.3 Å². The maximum atomic E-state index is 12.6. The highest BCUT2D eigenvalue weighted by molar-refractivity contribution is 7.89. The molecule has 1 saturated heterocycles. The van der Waals surface area contributed by atoms with E-state index in [1.807, 2.05) is 0 Å². The molecule has 1 amide bonds. The van der Waals surface area contributed by atoms with Gasteiger partial charge in [0.2, 0.25) is 10.0 Å². The van der Waals surface area contributed by atoms with Crippen LogP contribution in [-0.2, 0) is 24.3 Å². The lowest BCUT2D eigenvalue weighted by Crippen LogP contribution is -2.40. The van der Waals surface area contributed by atoms with Crippen molar-refractivity contribution in [2.24, 2.45) is 5.92 Å². The molecule has 1 aliphatic heterocycles. The molecule has 1 fully saturated rings. The number of nitrogens with zero attached hydrogens (tertiary/aromatic N) is 3. The molecule has 0 bridgehead atoms. The molecule has 0 spiro atoms. The number of sulfonamides is 1. The van der Waals surface area contributed by atoms with Gasteiger partial charge in [-0.25, -0.2) is 8.42 Å². The summed E-state index contributed by atoms with van der Waals surface area (Å²) in [6.07, 6.45) is 3.25. The van der Waals surface area contributed by atoms with E-state index in [1.54, 1.807) is 0 Å². The molecule has 0 radical (unpaired) electrons. The van der Waals surface area contributed by atoms with Crippen LogP contribution >= 0.6 is 11.6 Å². The smallest absolute Gasteiger partial charge is 0.309 e. The average molecular weight is 483 g/mol. The number of aromatic nitrogens is 1. The number of pyridine rings is 1. The fourth-order valence-corrected chi connectivity index (χ4v) is 4.78. The Morgan fingerprint density at radius 2 is 2.00 bits per heavy atom. The molecule has 1 aromatic carbocycles. The Morgan fingerprint density at radius 3 is 2.62 bits per heavy atom. The van der Waals surface area contributed by atoms with Crippen molar-refractivity contribution in [2.75, 3.05) is 25.0 Å². The predicted octanol–water partition coefficient (Wildman–Crippen LogP) is 2.23. The third kappa shape index (κ3) is 5.58. The third-order valence-corrected chi connectivity index (χ3v) is 7.03. The molecule has 2 aromatic rings. The quantitative estimate of drug-likeness (QED) is 0.358. The molecule has 0 saturated carbocycles. The van der Waals surface area contributed by atoms with E-state index in [0.29, 0.717) is 0 Å². The van der Waals surface area contributed by atoms with E-state index in [1.165, 1.54) is 41.0 Å². The summed E-state index contributed by atoms with van der Waals surface area (Å²) in [5.41, 5.74) is -0.231. The molecule has 3 rings (SSSR count). The fraction of sp³-hybridized carbons (Fsp3) is 0.316. The number of piperidine rings is 1. The van der Waals surface area contributed by atoms with Gasteiger partial charge in [-0.1, -0.05) is 11.6 Å². The molecule has 0 atom stereocenters. The Labute approximate surface area is 188 Å². The lowest BCUT2D eigenvalue weighted by atomic mass is 9.98. The molecule has 2 heterocycles. The molecular formula is C19H19ClN4O7S. The Morgan fingerprint density at radius 1 is 1.28 bits per heavy atom. The van der Waals surface area contributed by atoms with Gasteiger partial charge in [0.05, 0.1) is 10.8 Å². The van der Waals surface area contributed by atoms with Crippen molar-refractivity contribution in [2.45, 2.75) is 17.7 Å². The Hall–Kier alpha value is -3.09. The summed E-state index contributed by atoms with van der Waals surface area (Å²) in [6.45, 7) is -0.307. The zero-order chi connectivity index (χ0) is 23.3. The number of nitrogens with one attached hydrogen (secondary N) is 1. The number of halogens is 1. The van der Waals surface area contributed by atoms with Crippen molar-refractivity contribution in [3.05, 3.63) is 57.9 Å². The standard InChI is InChI=1S/C19H19ClN4O7S/c20-16-4-3-14(10-17(16)24(27)28)22-18(25)12-31-19(26)13-5-8-23(9-6-13)32(29,30)15-2-1-7-21-11-15/h1-4,7,10-11,13H,5-6,8-9,12H2,(H,22,25). The highest BCUT2D eigenvalue weighted by Crippen LogP contribution is 2.27. The van der Waals surface area contributed by atoms with Crippen molar-refractivity contribution >= 4 is 44.9 Å². The first-order valence-electron chi connectivity index (χ1n) is 9.49. The number of carbonyl (C=O) groups is 2. The number of nitro groups is 1. The number of hydrogen-bond donors (Lipinski definition) is 1. The summed E-state index contributed by atoms with van der Waals surface area (Å²) < 4.78 is 31.5. The summed E-state index contributed by atoms with van der Waals surface area (Å²) in [4.78, 5) is 38.4. The van der Waals surface area contributed by atoms with Gasteiger partial charge in [0, 0.05) is 37.2 Å². The molecular weight excluding hydrogens is 464 g/mol. The summed E-state index contributed by atoms with van der Waals surface area (Å²) in [6, 6.07) is 6.74. The Kier molecular flexibility index (Phi) is 7.38. The van der Waals surface area contributed by atoms with Gasteiger partial charge in [0.25, 0.3) is 11.6 Å². The van der Waals surface area contributed by atoms with Crippen LogP contribution in [0.5, 0.6) is 0 Å². The molecule has 0 aliphatic carbocycles. The van der Waals surface area contributed by atoms with Gasteiger partial charge in [-0.2, -0.15) is 4.31 Å². The minimum absolute atomic E-state index is 0.0729. The van der Waals surface area contributed by atoms with Crippen LogP contribution in [0, 0.1) is 16.0 Å². The Bertz CT molecular complexity index is 1120. The van der Waals surface area contributed by atoms with Gasteiger partial charge in [0.15, 0.2) is 6.61 Å². The van der Waals surface area contributed by atoms with Crippen LogP contribution in [0.3, 0.4) is 0 Å². The van der Waals surface area contributed by atoms with Crippen LogP contribution in [0.4, 0.5) is 11.4 Å². The Balaban J connectivity index is 1.49. The fourth-order valence-electron chi connectivity index (χ4n) is 3.16. The summed E-state index contributed by atoms with van der Waals surface area (Å²) in [5, 5.41) is 13.2. The molecule has 32 heavy (non-hydrogen) atoms. The minimum Gasteiger partial charge on any atom is -0.455 e. The SMILES string of the molecule is O=C(COC(=O)C1CCN(S(=O)(=O)c2cccnc2)CC1)Nc1ccc(Cl)c([N+](=O)[O-])c1. The molecule has 1 N–H and O–H groups in total. The zero-order valence-corrected chi connectivity index (χ0v) is 18.2. The van der Waals surface area contributed by atoms with E-state index in [4.69, 9.17) is 16.3 Å². The van der Waals surface area contributed by atoms with Crippen molar-refractivity contribution in [1.82, 2.24) is 9.29 Å². The molecule has 1 aliphatic rings. The third-order valence-electron chi connectivity index (χ3n) is 4.83. The van der Waals surface area contributed by atoms with Crippen molar-refractivity contribution in [1.29, 1.82) is 0 Å². The van der Waals surface area contributed by atoms with Gasteiger partial charge < -0.3 is 10.1 Å². The van der Waals surface area contributed by atoms with Gasteiger partial charge >= 0.3 is 5.97 Å². The molecule has 0 unspecified atom stereocenters. The molecule has 11 nitrogen and oxygen atoms in total. The van der Waals surface area contributed by atoms with E-state index in [2.05, 4.69) is 10.3 Å². The van der Waals surface area contributed by atoms with Crippen LogP contribution in [0.1, 0.15) is 12.8 Å². The number of rotatable bonds is 7. The van der Waals surface area contributed by atoms with Gasteiger partial charge in [0.1, 0.15) is 9.92 Å². The van der Waals surface area contributed by atoms with E-state index in [-0.39, 0.29) is 47.2 Å². The van der Waals surface area contributed by atoms with E-state index in [9.17, 15) is 28.1 Å². The second kappa shape index (κ2) is 10.0. The number of hydrogen-bond acceptors (Lipinski definition) is 8. The average Bonchev–Trinajstić information content (AvgIpc) is 2.79. The summed E-state index contributed by atoms with van der Waals surface area (Å²) in [7, 11) is -3.69. The second-order valence-corrected chi connectivity index (χ2v) is 9.29. The first kappa shape index (κ1) is 23.6. The van der Waals surface area contributed by atoms with E-state index in [0.717, 1.165) is 6.07 Å². The maximum absolute atomic E-state index is 12.6. The first-order chi connectivity index (χ1) is 15.2. The molecule has 1 aromatic heterocycles. The van der Waals surface area contributed by atoms with Crippen LogP contribution in [-0.4, -0.2) is 54.2 Å². The highest BCUT2D eigenvalue weighted by Gasteiger charge is 2.33. The van der Waals surface area contributed by atoms with Crippen molar-refractivity contribution in [3.63, 3.8) is 0 Å². The summed E-state index contributed by atoms with van der Waals surface area (Å²) in [5.74, 6) is -1.83. The van der Waals surface area contributed by atoms with Gasteiger partial charge in [-0.15, -0.1) is 0 Å². The monoisotopic (exact) mass is 482 g/mol. The van der Waals surface area contributed by atoms with E-state index >= 15 is 0 Å². The zero-order valence-electron chi connectivity index (χ0n) is 16.6. The predicted molar refractivity (Wildman–Crippen MR) is 113 cm³/mol. The number of ether oxygens (including phenoxy) is 1. The number of amides is 1. The normalized spacial score (nSPS) is 15.2. The molecule has 13 heteroatoms. The number of carbonyl (C=O) groups excluding carboxylic acids is 2. The van der Waals surface area contributed by atoms with Gasteiger partial charge in [-0.05, 0) is 37.1 Å². The molecule has 170 valence electrons. The highest BCUT2D eigenvalue weighted by atomic mass is 35.5. The lowest BCUT2D eigenvalue weighted by Gasteiger charge is -2.29. The minimum atomic E-state index is -3.69. The first-order valence-corrected chi connectivity index (χ1v) is 11.3. The van der Waals surface area contributed by atoms with Crippen LogP contribution in [0.25, 0.3) is 0 Å². The topological polar surface area (TPSA) is 149 Å². The van der Waals surface area contributed by atoms with Crippen molar-refractivity contribution in [3.8, 4) is 0 Å². The van der Waals surface area contributed by atoms with Crippen molar-refractivity contribution < 1.29 is 27.7 Å². The number of esters is 1. The number of nitro benzene ring substituents is 1. The van der Waals surface area contributed by atoms with Gasteiger partial charge in [-0.3, -0.25) is 24.7 Å². The van der Waals surface area contributed by atoms with Crippen LogP contribution in [0.2, 0.25) is 5.02 Å². The number of benzene rings is 1. The maximum Gasteiger partial charge on any atom is 0.309 e. The lowest BCUT2D eigenvalue weighted by molar-refractivity contribution is -0.384. The van der Waals surface area contributed by atoms with Crippen LogP contribution < -0.4 is 5.32 Å². The van der Waals surface area contributed by atoms with Crippen LogP contribution in [0.15, 0.2) is 47.6 Å². The summed E-state index contributed by atoms with van der Waals surface area (Å²) >= 11 is 5.72.